The summed E-state index contributed by atoms with van der Waals surface area (Å²) in [5, 5.41) is 16.1. The highest BCUT2D eigenvalue weighted by atomic mass is 32.1. The Morgan fingerprint density at radius 3 is 3.08 bits per heavy atom. The van der Waals surface area contributed by atoms with Gasteiger partial charge in [-0.1, -0.05) is 4.49 Å². The average molecular weight is 201 g/mol. The molecule has 1 atom stereocenters. The van der Waals surface area contributed by atoms with Crippen molar-refractivity contribution in [1.29, 1.82) is 0 Å². The van der Waals surface area contributed by atoms with Crippen LogP contribution < -0.4 is 5.32 Å². The number of aliphatic carboxylic acids is 1. The van der Waals surface area contributed by atoms with Gasteiger partial charge >= 0.3 is 5.97 Å². The normalized spacial score (nSPS) is 12.0. The number of rotatable bonds is 5. The number of carboxylic acid groups (broad SMARTS) is 1. The quantitative estimate of drug-likeness (QED) is 0.643. The van der Waals surface area contributed by atoms with Gasteiger partial charge in [0.05, 0.1) is 18.2 Å². The Bertz CT molecular complexity index is 287. The topological polar surface area (TPSA) is 92.2 Å². The molecule has 0 saturated heterocycles. The molecule has 0 bridgehead atoms. The van der Waals surface area contributed by atoms with Crippen molar-refractivity contribution in [2.45, 2.75) is 12.5 Å². The van der Waals surface area contributed by atoms with Gasteiger partial charge in [0.1, 0.15) is 0 Å². The molecule has 2 N–H and O–H groups in total. The number of aromatic nitrogens is 2. The van der Waals surface area contributed by atoms with Gasteiger partial charge < -0.3 is 10.4 Å². The van der Waals surface area contributed by atoms with E-state index in [0.717, 1.165) is 11.5 Å². The smallest absolute Gasteiger partial charge is 0.305 e. The molecule has 0 unspecified atom stereocenters. The molecule has 1 rings (SSSR count). The Kier molecular flexibility index (Phi) is 3.32. The number of nitrogens with zero attached hydrogens (tertiary/aromatic N) is 2. The molecule has 0 aliphatic rings. The van der Waals surface area contributed by atoms with Crippen molar-refractivity contribution in [3.63, 3.8) is 0 Å². The summed E-state index contributed by atoms with van der Waals surface area (Å²) in [5.41, 5.74) is 0.472. The lowest BCUT2D eigenvalue weighted by atomic mass is 10.1. The molecule has 0 radical (unpaired) electrons. The van der Waals surface area contributed by atoms with E-state index in [1.807, 2.05) is 0 Å². The summed E-state index contributed by atoms with van der Waals surface area (Å²) in [6.45, 7) is 0. The van der Waals surface area contributed by atoms with Crippen molar-refractivity contribution in [2.24, 2.45) is 0 Å². The van der Waals surface area contributed by atoms with Gasteiger partial charge in [0, 0.05) is 5.38 Å². The van der Waals surface area contributed by atoms with Gasteiger partial charge in [0.15, 0.2) is 0 Å². The van der Waals surface area contributed by atoms with Crippen LogP contribution in [0.25, 0.3) is 0 Å². The van der Waals surface area contributed by atoms with E-state index < -0.39 is 12.0 Å². The third kappa shape index (κ3) is 2.79. The van der Waals surface area contributed by atoms with Crippen LogP contribution in [0.2, 0.25) is 0 Å². The largest absolute Gasteiger partial charge is 0.481 e. The van der Waals surface area contributed by atoms with E-state index in [-0.39, 0.29) is 6.42 Å². The molecule has 0 spiro atoms. The Hall–Kier alpha value is -1.50. The Morgan fingerprint density at radius 2 is 2.62 bits per heavy atom. The first-order valence-corrected chi connectivity index (χ1v) is 4.26. The lowest BCUT2D eigenvalue weighted by Gasteiger charge is -2.09. The fourth-order valence-electron chi connectivity index (χ4n) is 0.829. The van der Waals surface area contributed by atoms with E-state index in [0.29, 0.717) is 12.1 Å². The first-order valence-electron chi connectivity index (χ1n) is 3.42. The Labute approximate surface area is 77.7 Å². The van der Waals surface area contributed by atoms with E-state index in [1.54, 1.807) is 5.38 Å². The second-order valence-electron chi connectivity index (χ2n) is 2.26. The van der Waals surface area contributed by atoms with Gasteiger partial charge in [-0.05, 0) is 11.5 Å². The third-order valence-corrected chi connectivity index (χ3v) is 1.90. The van der Waals surface area contributed by atoms with Crippen LogP contribution in [0.15, 0.2) is 5.38 Å². The predicted molar refractivity (Wildman–Crippen MR) is 44.1 cm³/mol. The average Bonchev–Trinajstić information content (AvgIpc) is 2.54. The highest BCUT2D eigenvalue weighted by molar-refractivity contribution is 7.03. The maximum Gasteiger partial charge on any atom is 0.305 e. The minimum atomic E-state index is -0.993. The molecule has 6 nitrogen and oxygen atoms in total. The summed E-state index contributed by atoms with van der Waals surface area (Å²) in [5.74, 6) is -0.993. The molecule has 0 aliphatic heterocycles. The van der Waals surface area contributed by atoms with Crippen LogP contribution in [0.3, 0.4) is 0 Å². The maximum atomic E-state index is 10.4. The van der Waals surface area contributed by atoms with Crippen LogP contribution >= 0.6 is 11.5 Å². The fourth-order valence-corrected chi connectivity index (χ4v) is 1.34. The Morgan fingerprint density at radius 1 is 1.85 bits per heavy atom. The lowest BCUT2D eigenvalue weighted by Crippen LogP contribution is -2.22. The summed E-state index contributed by atoms with van der Waals surface area (Å²) in [4.78, 5) is 20.5. The molecule has 0 fully saturated rings. The van der Waals surface area contributed by atoms with Gasteiger partial charge in [-0.25, -0.2) is 0 Å². The van der Waals surface area contributed by atoms with Crippen molar-refractivity contribution >= 4 is 23.9 Å². The van der Waals surface area contributed by atoms with Crippen LogP contribution in [0, 0.1) is 0 Å². The highest BCUT2D eigenvalue weighted by Gasteiger charge is 2.16. The van der Waals surface area contributed by atoms with Gasteiger partial charge in [0.2, 0.25) is 6.41 Å². The zero-order valence-electron chi connectivity index (χ0n) is 6.51. The number of amides is 1. The number of carbonyl (C=O) groups excluding carboxylic acids is 1. The lowest BCUT2D eigenvalue weighted by molar-refractivity contribution is -0.137. The van der Waals surface area contributed by atoms with Crippen molar-refractivity contribution in [3.8, 4) is 0 Å². The third-order valence-electron chi connectivity index (χ3n) is 1.38. The number of carboxylic acids is 1. The van der Waals surface area contributed by atoms with Gasteiger partial charge in [0.25, 0.3) is 0 Å². The zero-order valence-corrected chi connectivity index (χ0v) is 7.32. The van der Waals surface area contributed by atoms with E-state index in [9.17, 15) is 9.59 Å². The molecular formula is C6H7N3O3S. The molecule has 13 heavy (non-hydrogen) atoms. The van der Waals surface area contributed by atoms with Crippen LogP contribution in [-0.2, 0) is 9.59 Å². The first kappa shape index (κ1) is 9.59. The number of hydrogen-bond donors (Lipinski definition) is 2. The molecule has 7 heteroatoms. The molecule has 0 aliphatic carbocycles. The van der Waals surface area contributed by atoms with E-state index >= 15 is 0 Å². The molecule has 0 aromatic carbocycles. The SMILES string of the molecule is O=CN[C@H](CC(=O)O)c1csnn1. The van der Waals surface area contributed by atoms with Crippen LogP contribution in [-0.4, -0.2) is 27.1 Å². The number of carbonyl (C=O) groups is 2. The highest BCUT2D eigenvalue weighted by Crippen LogP contribution is 2.14. The molecular weight excluding hydrogens is 194 g/mol. The predicted octanol–water partition coefficient (Wildman–Crippen LogP) is -0.200. The van der Waals surface area contributed by atoms with Gasteiger partial charge in [-0.2, -0.15) is 0 Å². The minimum Gasteiger partial charge on any atom is -0.481 e. The summed E-state index contributed by atoms with van der Waals surface area (Å²) in [7, 11) is 0. The van der Waals surface area contributed by atoms with Gasteiger partial charge in [-0.15, -0.1) is 5.10 Å². The van der Waals surface area contributed by atoms with Gasteiger partial charge in [-0.3, -0.25) is 9.59 Å². The van der Waals surface area contributed by atoms with Crippen LogP contribution in [0.1, 0.15) is 18.2 Å². The minimum absolute atomic E-state index is 0.190. The standard InChI is InChI=1S/C6H7N3O3S/c10-3-7-4(1-6(11)12)5-2-13-9-8-5/h2-4H,1H2,(H,7,10)(H,11,12)/t4-/m1/s1. The zero-order chi connectivity index (χ0) is 9.68. The van der Waals surface area contributed by atoms with E-state index in [2.05, 4.69) is 14.9 Å². The first-order chi connectivity index (χ1) is 6.24. The van der Waals surface area contributed by atoms with Crippen LogP contribution in [0.5, 0.6) is 0 Å². The second-order valence-corrected chi connectivity index (χ2v) is 2.87. The van der Waals surface area contributed by atoms with Crippen molar-refractivity contribution in [3.05, 3.63) is 11.1 Å². The Balaban J connectivity index is 2.67. The fraction of sp³-hybridized carbons (Fsp3) is 0.333. The monoisotopic (exact) mass is 201 g/mol. The van der Waals surface area contributed by atoms with Crippen molar-refractivity contribution < 1.29 is 14.7 Å². The van der Waals surface area contributed by atoms with Crippen LogP contribution in [0.4, 0.5) is 0 Å². The molecule has 0 saturated carbocycles. The summed E-state index contributed by atoms with van der Waals surface area (Å²) < 4.78 is 3.58. The second kappa shape index (κ2) is 4.51. The van der Waals surface area contributed by atoms with E-state index in [4.69, 9.17) is 5.11 Å². The van der Waals surface area contributed by atoms with Crippen molar-refractivity contribution in [2.75, 3.05) is 0 Å². The summed E-state index contributed by atoms with van der Waals surface area (Å²) in [6.07, 6.45) is 0.261. The van der Waals surface area contributed by atoms with E-state index in [1.165, 1.54) is 0 Å². The molecule has 1 heterocycles. The summed E-state index contributed by atoms with van der Waals surface area (Å²) in [6, 6.07) is -0.589. The molecule has 1 aromatic rings. The number of hydrogen-bond acceptors (Lipinski definition) is 5. The molecule has 1 aromatic heterocycles. The number of nitrogens with one attached hydrogen (secondary N) is 1. The maximum absolute atomic E-state index is 10.4. The van der Waals surface area contributed by atoms with Crippen molar-refractivity contribution in [1.82, 2.24) is 14.9 Å². The summed E-state index contributed by atoms with van der Waals surface area (Å²) >= 11 is 1.11. The molecule has 70 valence electrons. The molecule has 1 amide bonds.